The van der Waals surface area contributed by atoms with E-state index in [1.807, 2.05) is 66.7 Å². The lowest BCUT2D eigenvalue weighted by atomic mass is 10.1. The fourth-order valence-electron chi connectivity index (χ4n) is 4.51. The number of rotatable bonds is 4. The van der Waals surface area contributed by atoms with Gasteiger partial charge >= 0.3 is 6.03 Å². The van der Waals surface area contributed by atoms with E-state index in [4.69, 9.17) is 9.98 Å². The molecule has 6 nitrogen and oxygen atoms in total. The Bertz CT molecular complexity index is 1370. The van der Waals surface area contributed by atoms with Crippen LogP contribution in [-0.4, -0.2) is 21.3 Å². The topological polar surface area (TPSA) is 71.3 Å². The molecular weight excluding hydrogens is 422 g/mol. The fraction of sp³-hybridized carbons (Fsp3) is 0.179. The molecule has 34 heavy (non-hydrogen) atoms. The zero-order chi connectivity index (χ0) is 23.7. The van der Waals surface area contributed by atoms with Gasteiger partial charge in [0.25, 0.3) is 0 Å². The molecule has 5 rings (SSSR count). The molecule has 1 unspecified atom stereocenters. The van der Waals surface area contributed by atoms with E-state index in [2.05, 4.69) is 48.1 Å². The molecule has 1 aliphatic rings. The molecule has 0 aliphatic carbocycles. The first-order valence-electron chi connectivity index (χ1n) is 11.5. The maximum Gasteiger partial charge on any atom is 0.323 e. The number of hydrogen-bond acceptors (Lipinski definition) is 3. The van der Waals surface area contributed by atoms with Gasteiger partial charge in [0.1, 0.15) is 5.82 Å². The van der Waals surface area contributed by atoms with Gasteiger partial charge in [-0.05, 0) is 56.7 Å². The molecule has 1 atom stereocenters. The monoisotopic (exact) mass is 449 g/mol. The van der Waals surface area contributed by atoms with E-state index >= 15 is 0 Å². The summed E-state index contributed by atoms with van der Waals surface area (Å²) < 4.78 is 2.29. The minimum atomic E-state index is -0.277. The van der Waals surface area contributed by atoms with Crippen LogP contribution in [0, 0.1) is 6.92 Å². The molecule has 1 aromatic heterocycles. The first-order valence-corrected chi connectivity index (χ1v) is 11.5. The summed E-state index contributed by atoms with van der Waals surface area (Å²) >= 11 is 0. The third kappa shape index (κ3) is 3.99. The molecule has 2 amide bonds. The lowest BCUT2D eigenvalue weighted by molar-refractivity contribution is 0.262. The van der Waals surface area contributed by atoms with Gasteiger partial charge in [0.15, 0.2) is 0 Å². The van der Waals surface area contributed by atoms with Gasteiger partial charge in [0.05, 0.1) is 17.4 Å². The number of anilines is 2. The van der Waals surface area contributed by atoms with Crippen molar-refractivity contribution in [1.82, 2.24) is 9.55 Å². The van der Waals surface area contributed by atoms with Crippen LogP contribution >= 0.6 is 0 Å². The van der Waals surface area contributed by atoms with Gasteiger partial charge in [-0.15, -0.1) is 0 Å². The molecule has 4 aromatic rings. The van der Waals surface area contributed by atoms with Gasteiger partial charge in [-0.1, -0.05) is 49.4 Å². The van der Waals surface area contributed by atoms with Crippen LogP contribution in [0.3, 0.4) is 0 Å². The highest BCUT2D eigenvalue weighted by atomic mass is 16.2. The minimum absolute atomic E-state index is 0.122. The first-order chi connectivity index (χ1) is 16.5. The second-order valence-electron chi connectivity index (χ2n) is 8.41. The smallest absolute Gasteiger partial charge is 0.319 e. The van der Waals surface area contributed by atoms with Crippen LogP contribution in [0.15, 0.2) is 83.9 Å². The maximum absolute atomic E-state index is 12.3. The van der Waals surface area contributed by atoms with Crippen molar-refractivity contribution in [2.75, 3.05) is 10.6 Å². The van der Waals surface area contributed by atoms with E-state index in [-0.39, 0.29) is 12.1 Å². The normalized spacial score (nSPS) is 14.4. The summed E-state index contributed by atoms with van der Waals surface area (Å²) in [4.78, 5) is 22.3. The molecule has 2 heterocycles. The van der Waals surface area contributed by atoms with Gasteiger partial charge in [-0.2, -0.15) is 0 Å². The molecule has 0 fully saturated rings. The molecule has 0 spiro atoms. The Labute approximate surface area is 199 Å². The quantitative estimate of drug-likeness (QED) is 0.345. The summed E-state index contributed by atoms with van der Waals surface area (Å²) in [5, 5.41) is 5.71. The van der Waals surface area contributed by atoms with Crippen molar-refractivity contribution < 1.29 is 4.79 Å². The number of urea groups is 1. The van der Waals surface area contributed by atoms with E-state index in [0.717, 1.165) is 57.5 Å². The summed E-state index contributed by atoms with van der Waals surface area (Å²) in [6.07, 6.45) is 0.882. The van der Waals surface area contributed by atoms with E-state index in [9.17, 15) is 4.79 Å². The van der Waals surface area contributed by atoms with E-state index in [1.54, 1.807) is 0 Å². The van der Waals surface area contributed by atoms with E-state index in [0.29, 0.717) is 0 Å². The summed E-state index contributed by atoms with van der Waals surface area (Å²) in [5.74, 6) is 0.937. The van der Waals surface area contributed by atoms with Crippen molar-refractivity contribution in [1.29, 1.82) is 0 Å². The Morgan fingerprint density at radius 2 is 1.56 bits per heavy atom. The maximum atomic E-state index is 12.3. The molecular formula is C28H27N5O. The second kappa shape index (κ2) is 8.98. The number of carbonyl (C=O) groups excluding carboxylic acids is 1. The highest BCUT2D eigenvalue weighted by molar-refractivity contribution is 6.00. The molecule has 170 valence electrons. The average Bonchev–Trinajstić information content (AvgIpc) is 3.14. The Balaban J connectivity index is 1.44. The van der Waals surface area contributed by atoms with Crippen LogP contribution < -0.4 is 10.6 Å². The predicted molar refractivity (Wildman–Crippen MR) is 139 cm³/mol. The Kier molecular flexibility index (Phi) is 5.72. The minimum Gasteiger partial charge on any atom is -0.319 e. The number of benzene rings is 3. The summed E-state index contributed by atoms with van der Waals surface area (Å²) in [5.41, 5.74) is 7.66. The number of amides is 2. The number of para-hydroxylation sites is 2. The third-order valence-corrected chi connectivity index (χ3v) is 6.24. The van der Waals surface area contributed by atoms with Gasteiger partial charge in [-0.3, -0.25) is 4.99 Å². The Hall–Kier alpha value is -4.19. The van der Waals surface area contributed by atoms with Crippen molar-refractivity contribution in [2.45, 2.75) is 33.2 Å². The van der Waals surface area contributed by atoms with Crippen LogP contribution in [0.5, 0.6) is 0 Å². The van der Waals surface area contributed by atoms with Crippen LogP contribution in [0.25, 0.3) is 22.6 Å². The van der Waals surface area contributed by atoms with Crippen molar-refractivity contribution in [3.05, 3.63) is 84.6 Å². The van der Waals surface area contributed by atoms with E-state index in [1.165, 1.54) is 0 Å². The number of imidazole rings is 1. The number of carbonyl (C=O) groups is 1. The van der Waals surface area contributed by atoms with Crippen LogP contribution in [-0.2, 0) is 0 Å². The summed E-state index contributed by atoms with van der Waals surface area (Å²) in [6, 6.07) is 25.2. The van der Waals surface area contributed by atoms with Gasteiger partial charge in [0.2, 0.25) is 0 Å². The molecule has 0 radical (unpaired) electrons. The number of aliphatic imine (C=N–C) groups is 1. The fourth-order valence-corrected chi connectivity index (χ4v) is 4.51. The lowest BCUT2D eigenvalue weighted by Crippen LogP contribution is -2.19. The first kappa shape index (κ1) is 21.6. The Morgan fingerprint density at radius 3 is 2.26 bits per heavy atom. The van der Waals surface area contributed by atoms with Gasteiger partial charge in [-0.25, -0.2) is 9.78 Å². The predicted octanol–water partition coefficient (Wildman–Crippen LogP) is 7.23. The molecule has 1 aliphatic heterocycles. The number of fused-ring (bicyclic) bond motifs is 3. The summed E-state index contributed by atoms with van der Waals surface area (Å²) in [6.45, 7) is 6.45. The molecule has 6 heteroatoms. The van der Waals surface area contributed by atoms with Crippen LogP contribution in [0.1, 0.15) is 32.0 Å². The molecule has 0 saturated carbocycles. The lowest BCUT2D eigenvalue weighted by Gasteiger charge is -2.17. The van der Waals surface area contributed by atoms with Gasteiger partial charge in [0, 0.05) is 33.9 Å². The number of nitrogens with one attached hydrogen (secondary N) is 2. The molecule has 0 saturated heterocycles. The number of hydrogen-bond donors (Lipinski definition) is 2. The van der Waals surface area contributed by atoms with Crippen LogP contribution in [0.4, 0.5) is 21.9 Å². The average molecular weight is 450 g/mol. The second-order valence-corrected chi connectivity index (χ2v) is 8.41. The summed E-state index contributed by atoms with van der Waals surface area (Å²) in [7, 11) is 0. The highest BCUT2D eigenvalue weighted by Gasteiger charge is 2.26. The number of nitrogens with zero attached hydrogens (tertiary/aromatic N) is 3. The molecule has 3 aromatic carbocycles. The standard InChI is InChI=1S/C28H27N5O/c1-4-24-18(2)33-19(3)26(32-27(33)23-12-8-9-13-25(23)31-24)20-14-16-22(17-15-20)30-28(34)29-21-10-6-5-7-11-21/h5-18H,4H2,1-3H3,(H2,29,30,34). The van der Waals surface area contributed by atoms with Crippen molar-refractivity contribution in [3.8, 4) is 22.6 Å². The zero-order valence-corrected chi connectivity index (χ0v) is 19.5. The third-order valence-electron chi connectivity index (χ3n) is 6.24. The molecule has 0 bridgehead atoms. The number of aromatic nitrogens is 2. The van der Waals surface area contributed by atoms with Crippen molar-refractivity contribution >= 4 is 28.8 Å². The zero-order valence-electron chi connectivity index (χ0n) is 19.5. The van der Waals surface area contributed by atoms with Gasteiger partial charge < -0.3 is 15.2 Å². The van der Waals surface area contributed by atoms with Crippen molar-refractivity contribution in [2.24, 2.45) is 4.99 Å². The van der Waals surface area contributed by atoms with E-state index < -0.39 is 0 Å². The Morgan fingerprint density at radius 1 is 0.912 bits per heavy atom. The molecule has 2 N–H and O–H groups in total. The highest BCUT2D eigenvalue weighted by Crippen LogP contribution is 2.39. The van der Waals surface area contributed by atoms with Crippen molar-refractivity contribution in [3.63, 3.8) is 0 Å². The van der Waals surface area contributed by atoms with Crippen LogP contribution in [0.2, 0.25) is 0 Å². The SMILES string of the molecule is CCC1=Nc2ccccc2-c2nc(-c3ccc(NC(=O)Nc4ccccc4)cc3)c(C)n2C1C. The largest absolute Gasteiger partial charge is 0.323 e.